The second kappa shape index (κ2) is 3.21. The molecule has 1 aromatic heterocycles. The van der Waals surface area contributed by atoms with E-state index < -0.39 is 0 Å². The Morgan fingerprint density at radius 2 is 2.40 bits per heavy atom. The number of anilines is 1. The summed E-state index contributed by atoms with van der Waals surface area (Å²) in [6.07, 6.45) is 3.58. The summed E-state index contributed by atoms with van der Waals surface area (Å²) in [5.74, 6) is 0.313. The van der Waals surface area contributed by atoms with Gasteiger partial charge in [0.2, 0.25) is 5.95 Å². The zero-order chi connectivity index (χ0) is 7.56. The van der Waals surface area contributed by atoms with Crippen molar-refractivity contribution < 1.29 is 0 Å². The molecule has 0 unspecified atom stereocenters. The lowest BCUT2D eigenvalue weighted by Gasteiger charge is -1.97. The maximum absolute atomic E-state index is 5.35. The Hall–Kier alpha value is -0.290. The van der Waals surface area contributed by atoms with Gasteiger partial charge in [-0.25, -0.2) is 9.97 Å². The van der Waals surface area contributed by atoms with E-state index in [2.05, 4.69) is 25.9 Å². The van der Waals surface area contributed by atoms with E-state index in [9.17, 15) is 0 Å². The highest BCUT2D eigenvalue weighted by Crippen LogP contribution is 2.22. The number of hydrogen-bond acceptors (Lipinski definition) is 4. The number of rotatable bonds is 1. The maximum Gasteiger partial charge on any atom is 0.221 e. The minimum absolute atomic E-state index is 0.313. The van der Waals surface area contributed by atoms with Crippen LogP contribution in [0.25, 0.3) is 0 Å². The first-order chi connectivity index (χ1) is 4.74. The summed E-state index contributed by atoms with van der Waals surface area (Å²) in [5.41, 5.74) is 5.35. The minimum Gasteiger partial charge on any atom is -0.368 e. The number of nitrogens with two attached hydrogens (primary N) is 1. The molecule has 0 spiro atoms. The van der Waals surface area contributed by atoms with Crippen molar-refractivity contribution in [3.63, 3.8) is 0 Å². The van der Waals surface area contributed by atoms with Crippen molar-refractivity contribution in [1.29, 1.82) is 0 Å². The van der Waals surface area contributed by atoms with Gasteiger partial charge in [0.05, 0.1) is 4.47 Å². The van der Waals surface area contributed by atoms with Gasteiger partial charge < -0.3 is 5.73 Å². The number of aromatic nitrogens is 2. The Labute approximate surface area is 71.6 Å². The summed E-state index contributed by atoms with van der Waals surface area (Å²) in [5, 5.41) is 0.868. The minimum atomic E-state index is 0.313. The largest absolute Gasteiger partial charge is 0.368 e. The van der Waals surface area contributed by atoms with E-state index in [0.29, 0.717) is 5.95 Å². The predicted molar refractivity (Wildman–Crippen MR) is 45.9 cm³/mol. The van der Waals surface area contributed by atoms with E-state index in [1.165, 1.54) is 11.8 Å². The van der Waals surface area contributed by atoms with Crippen LogP contribution in [0.3, 0.4) is 0 Å². The van der Waals surface area contributed by atoms with Crippen LogP contribution in [0, 0.1) is 0 Å². The fraction of sp³-hybridized carbons (Fsp3) is 0.200. The normalized spacial score (nSPS) is 9.80. The van der Waals surface area contributed by atoms with Gasteiger partial charge in [-0.1, -0.05) is 0 Å². The Kier molecular flexibility index (Phi) is 2.50. The second-order valence-corrected chi connectivity index (χ2v) is 3.23. The van der Waals surface area contributed by atoms with Gasteiger partial charge in [-0.15, -0.1) is 11.8 Å². The van der Waals surface area contributed by atoms with Gasteiger partial charge in [0.15, 0.2) is 0 Å². The zero-order valence-electron chi connectivity index (χ0n) is 5.34. The van der Waals surface area contributed by atoms with Gasteiger partial charge in [-0.05, 0) is 22.2 Å². The van der Waals surface area contributed by atoms with Crippen LogP contribution in [-0.4, -0.2) is 16.2 Å². The fourth-order valence-electron chi connectivity index (χ4n) is 0.507. The molecule has 0 aliphatic heterocycles. The Balaban J connectivity index is 3.09. The van der Waals surface area contributed by atoms with Crippen LogP contribution in [0.2, 0.25) is 0 Å². The molecule has 0 aromatic carbocycles. The molecule has 0 fully saturated rings. The molecule has 3 nitrogen and oxygen atoms in total. The Morgan fingerprint density at radius 1 is 1.70 bits per heavy atom. The van der Waals surface area contributed by atoms with Crippen molar-refractivity contribution in [3.05, 3.63) is 10.7 Å². The lowest BCUT2D eigenvalue weighted by atomic mass is 10.7. The first kappa shape index (κ1) is 7.81. The number of nitrogens with zero attached hydrogens (tertiary/aromatic N) is 2. The predicted octanol–water partition coefficient (Wildman–Crippen LogP) is 1.54. The van der Waals surface area contributed by atoms with Crippen LogP contribution in [0.1, 0.15) is 0 Å². The monoisotopic (exact) mass is 219 g/mol. The molecule has 10 heavy (non-hydrogen) atoms. The van der Waals surface area contributed by atoms with Crippen molar-refractivity contribution >= 4 is 33.6 Å². The second-order valence-electron chi connectivity index (χ2n) is 1.59. The van der Waals surface area contributed by atoms with E-state index in [4.69, 9.17) is 5.73 Å². The molecule has 0 saturated heterocycles. The first-order valence-electron chi connectivity index (χ1n) is 2.56. The molecule has 0 amide bonds. The molecule has 5 heteroatoms. The molecule has 2 N–H and O–H groups in total. The lowest BCUT2D eigenvalue weighted by Crippen LogP contribution is -1.94. The summed E-state index contributed by atoms with van der Waals surface area (Å²) < 4.78 is 0.884. The van der Waals surface area contributed by atoms with Crippen LogP contribution in [-0.2, 0) is 0 Å². The number of thioether (sulfide) groups is 1. The molecule has 1 heterocycles. The molecule has 0 aliphatic rings. The highest BCUT2D eigenvalue weighted by Gasteiger charge is 1.99. The summed E-state index contributed by atoms with van der Waals surface area (Å²) in [6.45, 7) is 0. The van der Waals surface area contributed by atoms with Crippen molar-refractivity contribution in [2.75, 3.05) is 12.0 Å². The smallest absolute Gasteiger partial charge is 0.221 e. The van der Waals surface area contributed by atoms with E-state index >= 15 is 0 Å². The molecular formula is C5H6BrN3S. The van der Waals surface area contributed by atoms with Crippen LogP contribution >= 0.6 is 27.7 Å². The Bertz CT molecular complexity index is 240. The van der Waals surface area contributed by atoms with Gasteiger partial charge in [0.1, 0.15) is 5.03 Å². The Morgan fingerprint density at radius 3 is 2.90 bits per heavy atom. The highest BCUT2D eigenvalue weighted by molar-refractivity contribution is 9.10. The summed E-state index contributed by atoms with van der Waals surface area (Å²) >= 11 is 4.82. The lowest BCUT2D eigenvalue weighted by molar-refractivity contribution is 1.05. The van der Waals surface area contributed by atoms with Crippen LogP contribution < -0.4 is 5.73 Å². The summed E-state index contributed by atoms with van der Waals surface area (Å²) in [7, 11) is 0. The highest BCUT2D eigenvalue weighted by atomic mass is 79.9. The third kappa shape index (κ3) is 1.60. The van der Waals surface area contributed by atoms with Crippen LogP contribution in [0.15, 0.2) is 15.7 Å². The molecule has 0 saturated carbocycles. The van der Waals surface area contributed by atoms with Crippen LogP contribution in [0.5, 0.6) is 0 Å². The zero-order valence-corrected chi connectivity index (χ0v) is 7.74. The van der Waals surface area contributed by atoms with E-state index in [0.717, 1.165) is 9.50 Å². The van der Waals surface area contributed by atoms with Gasteiger partial charge in [-0.2, -0.15) is 0 Å². The molecule has 0 radical (unpaired) electrons. The third-order valence-electron chi connectivity index (χ3n) is 0.924. The van der Waals surface area contributed by atoms with E-state index in [1.54, 1.807) is 6.20 Å². The van der Waals surface area contributed by atoms with Gasteiger partial charge >= 0.3 is 0 Å². The van der Waals surface area contributed by atoms with Gasteiger partial charge in [-0.3, -0.25) is 0 Å². The fourth-order valence-corrected chi connectivity index (χ4v) is 1.62. The number of hydrogen-bond donors (Lipinski definition) is 1. The van der Waals surface area contributed by atoms with Gasteiger partial charge in [0, 0.05) is 6.20 Å². The maximum atomic E-state index is 5.35. The average Bonchev–Trinajstić information content (AvgIpc) is 1.94. The van der Waals surface area contributed by atoms with Crippen molar-refractivity contribution in [1.82, 2.24) is 9.97 Å². The van der Waals surface area contributed by atoms with E-state index in [1.807, 2.05) is 6.26 Å². The molecule has 54 valence electrons. The molecular weight excluding hydrogens is 214 g/mol. The summed E-state index contributed by atoms with van der Waals surface area (Å²) in [4.78, 5) is 7.77. The molecule has 0 atom stereocenters. The van der Waals surface area contributed by atoms with E-state index in [-0.39, 0.29) is 0 Å². The average molecular weight is 220 g/mol. The third-order valence-corrected chi connectivity index (χ3v) is 2.46. The summed E-state index contributed by atoms with van der Waals surface area (Å²) in [6, 6.07) is 0. The van der Waals surface area contributed by atoms with Crippen molar-refractivity contribution in [2.24, 2.45) is 0 Å². The van der Waals surface area contributed by atoms with Gasteiger partial charge in [0.25, 0.3) is 0 Å². The topological polar surface area (TPSA) is 51.8 Å². The molecule has 1 aromatic rings. The molecule has 0 aliphatic carbocycles. The van der Waals surface area contributed by atoms with Crippen molar-refractivity contribution in [2.45, 2.75) is 5.03 Å². The molecule has 0 bridgehead atoms. The SMILES string of the molecule is CSc1nc(N)ncc1Br. The van der Waals surface area contributed by atoms with Crippen LogP contribution in [0.4, 0.5) is 5.95 Å². The molecule has 1 rings (SSSR count). The number of nitrogen functional groups attached to an aromatic ring is 1. The standard InChI is InChI=1S/C5H6BrN3S/c1-10-4-3(6)2-8-5(7)9-4/h2H,1H3,(H2,7,8,9). The first-order valence-corrected chi connectivity index (χ1v) is 4.58. The van der Waals surface area contributed by atoms with Crippen molar-refractivity contribution in [3.8, 4) is 0 Å². The quantitative estimate of drug-likeness (QED) is 0.576. The number of halogens is 1.